The molecule has 10 heteroatoms. The van der Waals surface area contributed by atoms with Crippen LogP contribution in [0.25, 0.3) is 5.69 Å². The van der Waals surface area contributed by atoms with Gasteiger partial charge >= 0.3 is 0 Å². The van der Waals surface area contributed by atoms with Gasteiger partial charge < -0.3 is 20.5 Å². The first-order valence-corrected chi connectivity index (χ1v) is 13.1. The van der Waals surface area contributed by atoms with E-state index in [9.17, 15) is 4.79 Å². The van der Waals surface area contributed by atoms with Crippen LogP contribution in [0.4, 0.5) is 5.82 Å². The first kappa shape index (κ1) is 25.4. The number of aromatic nitrogens is 3. The zero-order valence-corrected chi connectivity index (χ0v) is 21.9. The molecule has 1 saturated carbocycles. The molecule has 5 rings (SSSR count). The monoisotopic (exact) mass is 524 g/mol. The predicted molar refractivity (Wildman–Crippen MR) is 142 cm³/mol. The number of halogens is 1. The van der Waals surface area contributed by atoms with Gasteiger partial charge in [-0.3, -0.25) is 9.69 Å². The number of pyridine rings is 1. The quantitative estimate of drug-likeness (QED) is 0.433. The number of likely N-dealkylation sites (tertiary alicyclic amines) is 1. The van der Waals surface area contributed by atoms with Crippen molar-refractivity contribution in [3.8, 4) is 17.2 Å². The number of likely N-dealkylation sites (N-methyl/N-ethyl adjacent to an activating group) is 1. The molecule has 9 nitrogen and oxygen atoms in total. The minimum atomic E-state index is -0.394. The van der Waals surface area contributed by atoms with Gasteiger partial charge in [0, 0.05) is 19.3 Å². The van der Waals surface area contributed by atoms with Gasteiger partial charge in [-0.05, 0) is 69.3 Å². The lowest BCUT2D eigenvalue weighted by Crippen LogP contribution is -2.40. The minimum absolute atomic E-state index is 0.0515. The summed E-state index contributed by atoms with van der Waals surface area (Å²) in [6, 6.07) is 7.49. The van der Waals surface area contributed by atoms with Crippen molar-refractivity contribution in [3.05, 3.63) is 59.0 Å². The Morgan fingerprint density at radius 3 is 2.73 bits per heavy atom. The third-order valence-corrected chi connectivity index (χ3v) is 7.31. The van der Waals surface area contributed by atoms with Crippen LogP contribution in [0.5, 0.6) is 11.5 Å². The molecule has 1 amide bonds. The lowest BCUT2D eigenvalue weighted by Gasteiger charge is -2.30. The predicted octanol–water partition coefficient (Wildman–Crippen LogP) is 4.11. The molecule has 2 fully saturated rings. The first-order chi connectivity index (χ1) is 17.9. The first-order valence-electron chi connectivity index (χ1n) is 12.8. The summed E-state index contributed by atoms with van der Waals surface area (Å²) in [5.41, 5.74) is 8.90. The number of carbonyl (C=O) groups is 1. The van der Waals surface area contributed by atoms with Gasteiger partial charge in [0.1, 0.15) is 11.9 Å². The Hall–Kier alpha value is -3.30. The summed E-state index contributed by atoms with van der Waals surface area (Å²) >= 11 is 6.54. The normalized spacial score (nSPS) is 17.4. The van der Waals surface area contributed by atoms with Crippen LogP contribution in [0, 0.1) is 0 Å². The molecule has 3 N–H and O–H groups in total. The summed E-state index contributed by atoms with van der Waals surface area (Å²) in [5.74, 6) is 1.95. The zero-order chi connectivity index (χ0) is 25.9. The van der Waals surface area contributed by atoms with Crippen molar-refractivity contribution in [1.82, 2.24) is 25.0 Å². The van der Waals surface area contributed by atoms with Gasteiger partial charge in [-0.2, -0.15) is 5.10 Å². The highest BCUT2D eigenvalue weighted by molar-refractivity contribution is 6.31. The maximum atomic E-state index is 11.7. The van der Waals surface area contributed by atoms with Crippen molar-refractivity contribution >= 4 is 23.3 Å². The number of nitrogens with two attached hydrogens (primary N) is 1. The molecule has 0 radical (unpaired) electrons. The van der Waals surface area contributed by atoms with Crippen LogP contribution >= 0.6 is 11.6 Å². The molecule has 1 saturated heterocycles. The number of hydrogen-bond acceptors (Lipinski definition) is 7. The molecule has 3 aromatic rings. The molecule has 37 heavy (non-hydrogen) atoms. The Morgan fingerprint density at radius 2 is 2.00 bits per heavy atom. The topological polar surface area (TPSA) is 108 Å². The Morgan fingerprint density at radius 1 is 1.22 bits per heavy atom. The van der Waals surface area contributed by atoms with Crippen LogP contribution in [0.3, 0.4) is 0 Å². The number of amides is 1. The van der Waals surface area contributed by atoms with Crippen molar-refractivity contribution in [2.45, 2.75) is 50.7 Å². The third-order valence-electron chi connectivity index (χ3n) is 6.98. The highest BCUT2D eigenvalue weighted by Crippen LogP contribution is 2.39. The fourth-order valence-electron chi connectivity index (χ4n) is 4.69. The number of rotatable bonds is 9. The molecular formula is C27H33ClN6O3. The van der Waals surface area contributed by atoms with Crippen molar-refractivity contribution in [3.63, 3.8) is 0 Å². The fourth-order valence-corrected chi connectivity index (χ4v) is 5.01. The van der Waals surface area contributed by atoms with E-state index in [0.29, 0.717) is 29.1 Å². The Balaban J connectivity index is 1.28. The Bertz CT molecular complexity index is 1250. The zero-order valence-electron chi connectivity index (χ0n) is 21.2. The summed E-state index contributed by atoms with van der Waals surface area (Å²) in [7, 11) is 1.67. The van der Waals surface area contributed by atoms with Crippen LogP contribution in [0.2, 0.25) is 5.02 Å². The van der Waals surface area contributed by atoms with E-state index in [1.807, 2.05) is 43.6 Å². The largest absolute Gasteiger partial charge is 0.490 e. The van der Waals surface area contributed by atoms with Crippen LogP contribution in [-0.4, -0.2) is 58.4 Å². The molecule has 2 aromatic heterocycles. The molecule has 1 atom stereocenters. The van der Waals surface area contributed by atoms with Gasteiger partial charge in [-0.1, -0.05) is 17.7 Å². The summed E-state index contributed by atoms with van der Waals surface area (Å²) in [5, 5.41) is 7.86. The number of ether oxygens (including phenoxy) is 2. The number of anilines is 1. The maximum absolute atomic E-state index is 11.7. The lowest BCUT2D eigenvalue weighted by atomic mass is 9.91. The standard InChI is InChI=1S/C27H33ClN6O3/c1-17(26-22(28)4-3-5-23(26)37-21-6-7-21)36-24-12-20(14-31-27(24)29)34-15-19(13-32-34)18-8-10-33(11-9-18)16-25(35)30-2/h3-5,12-15,17-18,21H,6-11,16H2,1-2H3,(H2,29,31)(H,30,35). The smallest absolute Gasteiger partial charge is 0.233 e. The molecular weight excluding hydrogens is 492 g/mol. The van der Waals surface area contributed by atoms with Gasteiger partial charge in [-0.25, -0.2) is 9.67 Å². The van der Waals surface area contributed by atoms with Gasteiger partial charge in [0.15, 0.2) is 11.6 Å². The van der Waals surface area contributed by atoms with Crippen molar-refractivity contribution in [2.24, 2.45) is 0 Å². The number of nitrogens with zero attached hydrogens (tertiary/aromatic N) is 4. The van der Waals surface area contributed by atoms with Gasteiger partial charge in [0.25, 0.3) is 0 Å². The summed E-state index contributed by atoms with van der Waals surface area (Å²) in [4.78, 5) is 18.2. The average Bonchev–Trinajstić information content (AvgIpc) is 3.57. The summed E-state index contributed by atoms with van der Waals surface area (Å²) in [6.45, 7) is 4.15. The van der Waals surface area contributed by atoms with E-state index in [2.05, 4.69) is 20.3 Å². The number of hydrogen-bond donors (Lipinski definition) is 2. The van der Waals surface area contributed by atoms with E-state index in [0.717, 1.165) is 55.8 Å². The number of piperidine rings is 1. The van der Waals surface area contributed by atoms with E-state index < -0.39 is 6.10 Å². The molecule has 0 bridgehead atoms. The molecule has 1 aliphatic heterocycles. The number of benzene rings is 1. The van der Waals surface area contributed by atoms with Gasteiger partial charge in [-0.15, -0.1) is 0 Å². The highest BCUT2D eigenvalue weighted by atomic mass is 35.5. The molecule has 1 unspecified atom stereocenters. The highest BCUT2D eigenvalue weighted by Gasteiger charge is 2.27. The van der Waals surface area contributed by atoms with E-state index in [1.165, 1.54) is 5.56 Å². The molecule has 196 valence electrons. The van der Waals surface area contributed by atoms with Crippen LogP contribution < -0.4 is 20.5 Å². The number of nitrogens with one attached hydrogen (secondary N) is 1. The summed E-state index contributed by atoms with van der Waals surface area (Å²) in [6.07, 6.45) is 9.56. The van der Waals surface area contributed by atoms with E-state index in [-0.39, 0.29) is 12.0 Å². The van der Waals surface area contributed by atoms with Crippen LogP contribution in [0.15, 0.2) is 42.9 Å². The van der Waals surface area contributed by atoms with Gasteiger partial charge in [0.05, 0.1) is 41.3 Å². The second-order valence-corrected chi connectivity index (χ2v) is 10.2. The van der Waals surface area contributed by atoms with E-state index >= 15 is 0 Å². The van der Waals surface area contributed by atoms with Crippen molar-refractivity contribution < 1.29 is 14.3 Å². The number of carbonyl (C=O) groups excluding carboxylic acids is 1. The Labute approximate surface area is 221 Å². The van der Waals surface area contributed by atoms with Crippen LogP contribution in [-0.2, 0) is 4.79 Å². The SMILES string of the molecule is CNC(=O)CN1CCC(c2cnn(-c3cnc(N)c(OC(C)c4c(Cl)cccc4OC4CC4)c3)c2)CC1. The number of nitrogen functional groups attached to an aromatic ring is 1. The lowest BCUT2D eigenvalue weighted by molar-refractivity contribution is -0.122. The third kappa shape index (κ3) is 5.99. The Kier molecular flexibility index (Phi) is 7.53. The van der Waals surface area contributed by atoms with Gasteiger partial charge in [0.2, 0.25) is 5.91 Å². The second-order valence-electron chi connectivity index (χ2n) is 9.75. The summed E-state index contributed by atoms with van der Waals surface area (Å²) < 4.78 is 14.1. The van der Waals surface area contributed by atoms with E-state index in [1.54, 1.807) is 17.9 Å². The minimum Gasteiger partial charge on any atom is -0.490 e. The maximum Gasteiger partial charge on any atom is 0.233 e. The molecule has 1 aromatic carbocycles. The second kappa shape index (κ2) is 11.0. The molecule has 1 aliphatic carbocycles. The van der Waals surface area contributed by atoms with Crippen molar-refractivity contribution in [2.75, 3.05) is 32.4 Å². The van der Waals surface area contributed by atoms with Crippen molar-refractivity contribution in [1.29, 1.82) is 0 Å². The molecule has 3 heterocycles. The van der Waals surface area contributed by atoms with Crippen LogP contribution in [0.1, 0.15) is 55.8 Å². The fraction of sp³-hybridized carbons (Fsp3) is 0.444. The molecule has 2 aliphatic rings. The average molecular weight is 525 g/mol. The van der Waals surface area contributed by atoms with E-state index in [4.69, 9.17) is 26.8 Å². The molecule has 0 spiro atoms.